The Morgan fingerprint density at radius 1 is 1.50 bits per heavy atom. The minimum Gasteiger partial charge on any atom is -0.383 e. The first-order chi connectivity index (χ1) is 7.63. The predicted molar refractivity (Wildman–Crippen MR) is 66.8 cm³/mol. The largest absolute Gasteiger partial charge is 0.383 e. The third-order valence-corrected chi connectivity index (χ3v) is 3.45. The molecule has 1 aliphatic rings. The fourth-order valence-corrected chi connectivity index (χ4v) is 2.65. The van der Waals surface area contributed by atoms with E-state index in [2.05, 4.69) is 43.4 Å². The summed E-state index contributed by atoms with van der Waals surface area (Å²) in [5.74, 6) is 0.625. The van der Waals surface area contributed by atoms with Crippen molar-refractivity contribution in [3.63, 3.8) is 0 Å². The van der Waals surface area contributed by atoms with Crippen LogP contribution in [0.5, 0.6) is 0 Å². The van der Waals surface area contributed by atoms with Crippen LogP contribution in [0.3, 0.4) is 0 Å². The van der Waals surface area contributed by atoms with Crippen LogP contribution < -0.4 is 5.32 Å². The van der Waals surface area contributed by atoms with Gasteiger partial charge in [0, 0.05) is 19.2 Å². The van der Waals surface area contributed by atoms with Crippen molar-refractivity contribution in [2.75, 3.05) is 20.3 Å². The van der Waals surface area contributed by atoms with E-state index < -0.39 is 0 Å². The van der Waals surface area contributed by atoms with Gasteiger partial charge in [-0.15, -0.1) is 0 Å². The molecule has 0 saturated carbocycles. The van der Waals surface area contributed by atoms with E-state index in [0.717, 1.165) is 19.6 Å². The molecule has 1 fully saturated rings. The normalized spacial score (nSPS) is 29.6. The third kappa shape index (κ3) is 2.45. The Kier molecular flexibility index (Phi) is 3.31. The first-order valence-corrected chi connectivity index (χ1v) is 5.93. The smallest absolute Gasteiger partial charge is 0.0642 e. The Bertz CT molecular complexity index is 364. The van der Waals surface area contributed by atoms with E-state index in [4.69, 9.17) is 4.74 Å². The molecule has 88 valence electrons. The second kappa shape index (κ2) is 4.56. The molecule has 1 heterocycles. The Morgan fingerprint density at radius 2 is 2.31 bits per heavy atom. The summed E-state index contributed by atoms with van der Waals surface area (Å²) in [5, 5.41) is 3.58. The van der Waals surface area contributed by atoms with Crippen LogP contribution in [0.25, 0.3) is 0 Å². The first kappa shape index (κ1) is 11.6. The molecule has 16 heavy (non-hydrogen) atoms. The molecule has 1 aromatic carbocycles. The molecule has 2 rings (SSSR count). The number of ether oxygens (including phenoxy) is 1. The number of aryl methyl sites for hydroxylation is 1. The van der Waals surface area contributed by atoms with Crippen LogP contribution in [0.1, 0.15) is 30.4 Å². The van der Waals surface area contributed by atoms with Crippen molar-refractivity contribution in [3.05, 3.63) is 35.4 Å². The third-order valence-electron chi connectivity index (χ3n) is 3.45. The second-order valence-corrected chi connectivity index (χ2v) is 5.19. The molecule has 0 aromatic heterocycles. The number of methoxy groups -OCH3 is 1. The summed E-state index contributed by atoms with van der Waals surface area (Å²) in [4.78, 5) is 0. The molecule has 2 nitrogen and oxygen atoms in total. The number of nitrogens with one attached hydrogen (secondary N) is 1. The maximum Gasteiger partial charge on any atom is 0.0642 e. The highest BCUT2D eigenvalue weighted by atomic mass is 16.5. The summed E-state index contributed by atoms with van der Waals surface area (Å²) in [6.07, 6.45) is 1.16. The zero-order valence-corrected chi connectivity index (χ0v) is 10.4. The first-order valence-electron chi connectivity index (χ1n) is 5.93. The number of hydrogen-bond acceptors (Lipinski definition) is 2. The highest BCUT2D eigenvalue weighted by molar-refractivity contribution is 5.27. The van der Waals surface area contributed by atoms with Gasteiger partial charge < -0.3 is 10.1 Å². The van der Waals surface area contributed by atoms with Crippen LogP contribution >= 0.6 is 0 Å². The van der Waals surface area contributed by atoms with Gasteiger partial charge in [0.2, 0.25) is 0 Å². The topological polar surface area (TPSA) is 21.3 Å². The van der Waals surface area contributed by atoms with Gasteiger partial charge in [-0.25, -0.2) is 0 Å². The fourth-order valence-electron chi connectivity index (χ4n) is 2.65. The SMILES string of the molecule is COCC1(C)CC(c2cccc(C)c2)CN1. The molecule has 0 radical (unpaired) electrons. The molecule has 2 atom stereocenters. The Labute approximate surface area is 98.0 Å². The van der Waals surface area contributed by atoms with Gasteiger partial charge in [-0.05, 0) is 31.7 Å². The fraction of sp³-hybridized carbons (Fsp3) is 0.571. The van der Waals surface area contributed by atoms with Gasteiger partial charge in [-0.1, -0.05) is 29.8 Å². The van der Waals surface area contributed by atoms with Crippen LogP contribution in [-0.4, -0.2) is 25.8 Å². The Hall–Kier alpha value is -0.860. The molecule has 1 saturated heterocycles. The minimum absolute atomic E-state index is 0.142. The van der Waals surface area contributed by atoms with Crippen LogP contribution in [0.2, 0.25) is 0 Å². The minimum atomic E-state index is 0.142. The molecular formula is C14H21NO. The zero-order chi connectivity index (χ0) is 11.6. The predicted octanol–water partition coefficient (Wildman–Crippen LogP) is 2.48. The maximum atomic E-state index is 5.27. The van der Waals surface area contributed by atoms with Gasteiger partial charge >= 0.3 is 0 Å². The van der Waals surface area contributed by atoms with Crippen molar-refractivity contribution in [2.45, 2.75) is 31.7 Å². The molecule has 2 unspecified atom stereocenters. The highest BCUT2D eigenvalue weighted by Gasteiger charge is 2.35. The lowest BCUT2D eigenvalue weighted by molar-refractivity contribution is 0.129. The van der Waals surface area contributed by atoms with Crippen LogP contribution in [0.15, 0.2) is 24.3 Å². The Balaban J connectivity index is 2.09. The number of rotatable bonds is 3. The van der Waals surface area contributed by atoms with E-state index in [9.17, 15) is 0 Å². The van der Waals surface area contributed by atoms with Crippen molar-refractivity contribution < 1.29 is 4.74 Å². The van der Waals surface area contributed by atoms with Crippen molar-refractivity contribution >= 4 is 0 Å². The summed E-state index contributed by atoms with van der Waals surface area (Å²) in [5.41, 5.74) is 2.94. The molecule has 0 bridgehead atoms. The van der Waals surface area contributed by atoms with Crippen molar-refractivity contribution in [3.8, 4) is 0 Å². The summed E-state index contributed by atoms with van der Waals surface area (Å²) in [7, 11) is 1.77. The van der Waals surface area contributed by atoms with Gasteiger partial charge in [-0.3, -0.25) is 0 Å². The molecule has 2 heteroatoms. The Morgan fingerprint density at radius 3 is 3.00 bits per heavy atom. The highest BCUT2D eigenvalue weighted by Crippen LogP contribution is 2.32. The summed E-state index contributed by atoms with van der Waals surface area (Å²) >= 11 is 0. The molecular weight excluding hydrogens is 198 g/mol. The van der Waals surface area contributed by atoms with E-state index in [1.54, 1.807) is 7.11 Å². The summed E-state index contributed by atoms with van der Waals surface area (Å²) < 4.78 is 5.27. The molecule has 0 aliphatic carbocycles. The molecule has 1 aliphatic heterocycles. The van der Waals surface area contributed by atoms with Gasteiger partial charge in [0.05, 0.1) is 6.61 Å². The lowest BCUT2D eigenvalue weighted by Gasteiger charge is -2.23. The van der Waals surface area contributed by atoms with E-state index in [1.807, 2.05) is 0 Å². The quantitative estimate of drug-likeness (QED) is 0.843. The van der Waals surface area contributed by atoms with E-state index in [1.165, 1.54) is 11.1 Å². The van der Waals surface area contributed by atoms with E-state index >= 15 is 0 Å². The van der Waals surface area contributed by atoms with Crippen LogP contribution in [0, 0.1) is 6.92 Å². The lowest BCUT2D eigenvalue weighted by Crippen LogP contribution is -2.40. The van der Waals surface area contributed by atoms with E-state index in [-0.39, 0.29) is 5.54 Å². The van der Waals surface area contributed by atoms with Gasteiger partial charge in [0.15, 0.2) is 0 Å². The van der Waals surface area contributed by atoms with Crippen molar-refractivity contribution in [1.29, 1.82) is 0 Å². The average molecular weight is 219 g/mol. The van der Waals surface area contributed by atoms with E-state index in [0.29, 0.717) is 5.92 Å². The van der Waals surface area contributed by atoms with Crippen LogP contribution in [0.4, 0.5) is 0 Å². The molecule has 0 amide bonds. The van der Waals surface area contributed by atoms with Crippen molar-refractivity contribution in [2.24, 2.45) is 0 Å². The maximum absolute atomic E-state index is 5.27. The van der Waals surface area contributed by atoms with Gasteiger partial charge in [-0.2, -0.15) is 0 Å². The van der Waals surface area contributed by atoms with Gasteiger partial charge in [0.25, 0.3) is 0 Å². The summed E-state index contributed by atoms with van der Waals surface area (Å²) in [6, 6.07) is 8.83. The number of benzene rings is 1. The standard InChI is InChI=1S/C14H21NO/c1-11-5-4-6-12(7-11)13-8-14(2,10-16-3)15-9-13/h4-7,13,15H,8-10H2,1-3H3. The zero-order valence-electron chi connectivity index (χ0n) is 10.4. The summed E-state index contributed by atoms with van der Waals surface area (Å²) in [6.45, 7) is 6.24. The van der Waals surface area contributed by atoms with Crippen molar-refractivity contribution in [1.82, 2.24) is 5.32 Å². The second-order valence-electron chi connectivity index (χ2n) is 5.19. The number of hydrogen-bond donors (Lipinski definition) is 1. The average Bonchev–Trinajstić information content (AvgIpc) is 2.61. The monoisotopic (exact) mass is 219 g/mol. The molecule has 0 spiro atoms. The molecule has 1 N–H and O–H groups in total. The lowest BCUT2D eigenvalue weighted by atomic mass is 9.90. The molecule has 1 aromatic rings. The van der Waals surface area contributed by atoms with Gasteiger partial charge in [0.1, 0.15) is 0 Å². The van der Waals surface area contributed by atoms with Crippen LogP contribution in [-0.2, 0) is 4.74 Å².